The van der Waals surface area contributed by atoms with Gasteiger partial charge in [-0.25, -0.2) is 4.79 Å². The zero-order valence-corrected chi connectivity index (χ0v) is 12.0. The summed E-state index contributed by atoms with van der Waals surface area (Å²) in [6, 6.07) is -0.729. The zero-order valence-electron chi connectivity index (χ0n) is 12.0. The highest BCUT2D eigenvalue weighted by Gasteiger charge is 2.32. The quantitative estimate of drug-likeness (QED) is 0.773. The number of carbonyl (C=O) groups is 2. The van der Waals surface area contributed by atoms with Crippen LogP contribution in [0, 0.1) is 0 Å². The number of rotatable bonds is 3. The van der Waals surface area contributed by atoms with Crippen molar-refractivity contribution in [2.24, 2.45) is 12.8 Å². The zero-order chi connectivity index (χ0) is 15.7. The molecule has 2 amide bonds. The molecule has 7 nitrogen and oxygen atoms in total. The third-order valence-corrected chi connectivity index (χ3v) is 3.63. The van der Waals surface area contributed by atoms with Gasteiger partial charge in [0.1, 0.15) is 6.04 Å². The molecule has 0 radical (unpaired) electrons. The van der Waals surface area contributed by atoms with Crippen LogP contribution in [0.5, 0.6) is 0 Å². The normalized spacial score (nSPS) is 19.5. The van der Waals surface area contributed by atoms with E-state index < -0.39 is 11.9 Å². The third kappa shape index (κ3) is 2.31. The molecule has 0 saturated carbocycles. The maximum absolute atomic E-state index is 12.4. The predicted octanol–water partition coefficient (Wildman–Crippen LogP) is 0.127. The second kappa shape index (κ2) is 5.43. The first-order valence-corrected chi connectivity index (χ1v) is 6.61. The number of nitrogens with one attached hydrogen (secondary N) is 1. The highest BCUT2D eigenvalue weighted by atomic mass is 16.2. The van der Waals surface area contributed by atoms with E-state index in [4.69, 9.17) is 5.73 Å². The number of imide groups is 1. The topological polar surface area (TPSA) is 99.1 Å². The molecule has 2 rings (SSSR count). The molecular formula is C14H18N4O3. The van der Waals surface area contributed by atoms with Crippen LogP contribution in [-0.4, -0.2) is 20.9 Å². The van der Waals surface area contributed by atoms with Crippen LogP contribution in [0.2, 0.25) is 0 Å². The standard InChI is InChI=1S/C14H18N4O3/c1-4-8(15)12-9(5-2)18(14(21)17(12)3)10-6-7-11(19)16-13(10)20/h4-5,10H,2,6-7,15H2,1,3H3,(H,16,19,20)/b8-4+/t10-/m0/s1. The largest absolute Gasteiger partial charge is 0.397 e. The lowest BCUT2D eigenvalue weighted by Gasteiger charge is -2.22. The summed E-state index contributed by atoms with van der Waals surface area (Å²) < 4.78 is 2.73. The van der Waals surface area contributed by atoms with Crippen molar-refractivity contribution < 1.29 is 9.59 Å². The van der Waals surface area contributed by atoms with Gasteiger partial charge in [0, 0.05) is 13.5 Å². The molecule has 1 aromatic rings. The van der Waals surface area contributed by atoms with Crippen LogP contribution in [0.1, 0.15) is 37.2 Å². The Hall–Kier alpha value is -2.57. The first kappa shape index (κ1) is 14.8. The Kier molecular flexibility index (Phi) is 3.84. The SMILES string of the molecule is C=Cc1c(/C(N)=C\C)n(C)c(=O)n1[C@H]1CCC(=O)NC1=O. The van der Waals surface area contributed by atoms with Crippen LogP contribution in [0.3, 0.4) is 0 Å². The van der Waals surface area contributed by atoms with Crippen molar-refractivity contribution in [2.75, 3.05) is 0 Å². The van der Waals surface area contributed by atoms with Crippen molar-refractivity contribution in [1.29, 1.82) is 0 Å². The number of hydrogen-bond acceptors (Lipinski definition) is 4. The van der Waals surface area contributed by atoms with E-state index in [2.05, 4.69) is 11.9 Å². The summed E-state index contributed by atoms with van der Waals surface area (Å²) in [6.45, 7) is 5.46. The molecule has 112 valence electrons. The second-order valence-corrected chi connectivity index (χ2v) is 4.86. The maximum Gasteiger partial charge on any atom is 0.329 e. The summed E-state index contributed by atoms with van der Waals surface area (Å²) in [5.74, 6) is -0.804. The first-order valence-electron chi connectivity index (χ1n) is 6.61. The van der Waals surface area contributed by atoms with Crippen LogP contribution >= 0.6 is 0 Å². The number of aromatic nitrogens is 2. The molecule has 3 N–H and O–H groups in total. The molecule has 0 aromatic carbocycles. The Bertz CT molecular complexity index is 709. The van der Waals surface area contributed by atoms with Crippen LogP contribution in [0.25, 0.3) is 11.8 Å². The first-order chi connectivity index (χ1) is 9.92. The van der Waals surface area contributed by atoms with E-state index in [9.17, 15) is 14.4 Å². The average Bonchev–Trinajstić information content (AvgIpc) is 2.70. The Labute approximate surface area is 121 Å². The molecule has 21 heavy (non-hydrogen) atoms. The van der Waals surface area contributed by atoms with E-state index >= 15 is 0 Å². The minimum atomic E-state index is -0.729. The Morgan fingerprint density at radius 2 is 2.10 bits per heavy atom. The molecular weight excluding hydrogens is 272 g/mol. The number of amides is 2. The molecule has 0 bridgehead atoms. The van der Waals surface area contributed by atoms with Crippen LogP contribution in [0.4, 0.5) is 0 Å². The van der Waals surface area contributed by atoms with Crippen LogP contribution < -0.4 is 16.7 Å². The molecule has 1 aliphatic rings. The molecule has 1 atom stereocenters. The van der Waals surface area contributed by atoms with E-state index in [1.54, 1.807) is 20.0 Å². The highest BCUT2D eigenvalue weighted by Crippen LogP contribution is 2.23. The number of nitrogens with zero attached hydrogens (tertiary/aromatic N) is 2. The van der Waals surface area contributed by atoms with Crippen molar-refractivity contribution in [3.05, 3.63) is 34.5 Å². The van der Waals surface area contributed by atoms with E-state index in [1.807, 2.05) is 0 Å². The number of imidazole rings is 1. The molecule has 0 aliphatic carbocycles. The molecule has 1 aliphatic heterocycles. The van der Waals surface area contributed by atoms with Gasteiger partial charge in [-0.3, -0.25) is 24.0 Å². The van der Waals surface area contributed by atoms with Gasteiger partial charge in [0.25, 0.3) is 0 Å². The smallest absolute Gasteiger partial charge is 0.329 e. The van der Waals surface area contributed by atoms with Gasteiger partial charge in [-0.2, -0.15) is 0 Å². The van der Waals surface area contributed by atoms with Crippen molar-refractivity contribution in [3.8, 4) is 0 Å². The fraction of sp³-hybridized carbons (Fsp3) is 0.357. The van der Waals surface area contributed by atoms with E-state index in [0.29, 0.717) is 17.1 Å². The number of nitrogens with two attached hydrogens (primary N) is 1. The van der Waals surface area contributed by atoms with Crippen molar-refractivity contribution in [3.63, 3.8) is 0 Å². The molecule has 1 aromatic heterocycles. The van der Waals surface area contributed by atoms with Crippen molar-refractivity contribution in [1.82, 2.24) is 14.5 Å². The monoisotopic (exact) mass is 290 g/mol. The number of allylic oxidation sites excluding steroid dienone is 1. The van der Waals surface area contributed by atoms with Crippen LogP contribution in [-0.2, 0) is 16.6 Å². The Morgan fingerprint density at radius 3 is 2.62 bits per heavy atom. The third-order valence-electron chi connectivity index (χ3n) is 3.63. The fourth-order valence-electron chi connectivity index (χ4n) is 2.55. The minimum Gasteiger partial charge on any atom is -0.397 e. The van der Waals surface area contributed by atoms with Gasteiger partial charge in [0.15, 0.2) is 0 Å². The summed E-state index contributed by atoms with van der Waals surface area (Å²) in [4.78, 5) is 35.7. The summed E-state index contributed by atoms with van der Waals surface area (Å²) in [5, 5.41) is 2.25. The maximum atomic E-state index is 12.4. The van der Waals surface area contributed by atoms with Gasteiger partial charge in [0.05, 0.1) is 17.1 Å². The summed E-state index contributed by atoms with van der Waals surface area (Å²) in [7, 11) is 1.59. The minimum absolute atomic E-state index is 0.197. The predicted molar refractivity (Wildman–Crippen MR) is 79.0 cm³/mol. The molecule has 7 heteroatoms. The van der Waals surface area contributed by atoms with Gasteiger partial charge in [-0.05, 0) is 19.4 Å². The highest BCUT2D eigenvalue weighted by molar-refractivity contribution is 5.99. The second-order valence-electron chi connectivity index (χ2n) is 4.86. The summed E-state index contributed by atoms with van der Waals surface area (Å²) >= 11 is 0. The lowest BCUT2D eigenvalue weighted by atomic mass is 10.1. The number of piperidine rings is 1. The van der Waals surface area contributed by atoms with Crippen molar-refractivity contribution in [2.45, 2.75) is 25.8 Å². The van der Waals surface area contributed by atoms with Gasteiger partial charge in [-0.15, -0.1) is 0 Å². The van der Waals surface area contributed by atoms with E-state index in [1.165, 1.54) is 15.2 Å². The Morgan fingerprint density at radius 1 is 1.43 bits per heavy atom. The van der Waals surface area contributed by atoms with Gasteiger partial charge in [-0.1, -0.05) is 12.7 Å². The van der Waals surface area contributed by atoms with Crippen molar-refractivity contribution >= 4 is 23.6 Å². The lowest BCUT2D eigenvalue weighted by molar-refractivity contribution is -0.135. The average molecular weight is 290 g/mol. The Balaban J connectivity index is 2.65. The number of carbonyl (C=O) groups excluding carboxylic acids is 2. The summed E-state index contributed by atoms with van der Waals surface area (Å²) in [6.07, 6.45) is 3.65. The molecule has 0 spiro atoms. The van der Waals surface area contributed by atoms with Crippen LogP contribution in [0.15, 0.2) is 17.4 Å². The molecule has 0 unspecified atom stereocenters. The van der Waals surface area contributed by atoms with Gasteiger partial charge >= 0.3 is 5.69 Å². The summed E-state index contributed by atoms with van der Waals surface area (Å²) in [5.41, 5.74) is 6.99. The molecule has 1 fully saturated rings. The van der Waals surface area contributed by atoms with Gasteiger partial charge < -0.3 is 5.73 Å². The fourth-order valence-corrected chi connectivity index (χ4v) is 2.55. The molecule has 2 heterocycles. The van der Waals surface area contributed by atoms with E-state index in [-0.39, 0.29) is 24.4 Å². The number of hydrogen-bond donors (Lipinski definition) is 2. The van der Waals surface area contributed by atoms with Gasteiger partial charge in [0.2, 0.25) is 11.8 Å². The molecule has 1 saturated heterocycles. The lowest BCUT2D eigenvalue weighted by Crippen LogP contribution is -2.44. The van der Waals surface area contributed by atoms with E-state index in [0.717, 1.165) is 0 Å².